The summed E-state index contributed by atoms with van der Waals surface area (Å²) in [5.74, 6) is 0.0410. The highest BCUT2D eigenvalue weighted by Gasteiger charge is 2.06. The van der Waals surface area contributed by atoms with Gasteiger partial charge in [0.15, 0.2) is 11.5 Å². The van der Waals surface area contributed by atoms with Crippen molar-refractivity contribution in [1.29, 1.82) is 0 Å². The van der Waals surface area contributed by atoms with E-state index >= 15 is 0 Å². The molecule has 0 saturated heterocycles. The summed E-state index contributed by atoms with van der Waals surface area (Å²) < 4.78 is 5.81. The Morgan fingerprint density at radius 2 is 1.15 bits per heavy atom. The fraction of sp³-hybridized carbons (Fsp3) is 0.633. The summed E-state index contributed by atoms with van der Waals surface area (Å²) in [5, 5.41) is 19.7. The molecule has 0 aliphatic rings. The molecule has 0 amide bonds. The van der Waals surface area contributed by atoms with Crippen LogP contribution in [0.1, 0.15) is 117 Å². The number of fused-ring (bicyclic) bond motifs is 1. The number of hydrogen-bond acceptors (Lipinski definition) is 3. The topological polar surface area (TPSA) is 66.8 Å². The molecule has 0 atom stereocenters. The smallest absolute Gasteiger partial charge is 0.300 e. The van der Waals surface area contributed by atoms with Crippen LogP contribution in [0, 0.1) is 0 Å². The lowest BCUT2D eigenvalue weighted by atomic mass is 10.0. The maximum absolute atomic E-state index is 10.4. The van der Waals surface area contributed by atoms with E-state index in [-0.39, 0.29) is 5.75 Å². The maximum Gasteiger partial charge on any atom is 0.300 e. The lowest BCUT2D eigenvalue weighted by Gasteiger charge is -2.10. The molecule has 0 bridgehead atoms. The molecule has 0 spiro atoms. The van der Waals surface area contributed by atoms with Crippen molar-refractivity contribution in [2.24, 2.45) is 0 Å². The summed E-state index contributed by atoms with van der Waals surface area (Å²) in [4.78, 5) is 9.00. The number of hydrogen-bond donors (Lipinski definition) is 2. The van der Waals surface area contributed by atoms with Gasteiger partial charge in [-0.3, -0.25) is 4.79 Å². The zero-order valence-corrected chi connectivity index (χ0v) is 21.7. The Morgan fingerprint density at radius 3 is 1.65 bits per heavy atom. The van der Waals surface area contributed by atoms with E-state index in [9.17, 15) is 5.11 Å². The van der Waals surface area contributed by atoms with E-state index in [0.29, 0.717) is 12.4 Å². The molecular formula is C30H48O4. The van der Waals surface area contributed by atoms with Gasteiger partial charge in [-0.05, 0) is 17.9 Å². The molecule has 0 saturated carbocycles. The molecule has 34 heavy (non-hydrogen) atoms. The van der Waals surface area contributed by atoms with Crippen LogP contribution in [0.25, 0.3) is 10.8 Å². The second-order valence-electron chi connectivity index (χ2n) is 9.30. The van der Waals surface area contributed by atoms with Crippen LogP contribution in [0.3, 0.4) is 0 Å². The average molecular weight is 473 g/mol. The predicted octanol–water partition coefficient (Wildman–Crippen LogP) is 9.28. The van der Waals surface area contributed by atoms with E-state index in [1.54, 1.807) is 0 Å². The highest BCUT2D eigenvalue weighted by Crippen LogP contribution is 2.34. The van der Waals surface area contributed by atoms with E-state index in [2.05, 4.69) is 6.92 Å². The molecule has 0 fully saturated rings. The highest BCUT2D eigenvalue weighted by molar-refractivity contribution is 5.90. The van der Waals surface area contributed by atoms with Gasteiger partial charge in [0.25, 0.3) is 5.97 Å². The number of phenols is 1. The first-order valence-electron chi connectivity index (χ1n) is 13.6. The van der Waals surface area contributed by atoms with Crippen LogP contribution < -0.4 is 4.74 Å². The Hall–Kier alpha value is -2.23. The number of unbranched alkanes of at least 4 members (excludes halogenated alkanes) is 15. The van der Waals surface area contributed by atoms with Gasteiger partial charge in [0.2, 0.25) is 0 Å². The van der Waals surface area contributed by atoms with E-state index < -0.39 is 5.97 Å². The van der Waals surface area contributed by atoms with Crippen molar-refractivity contribution >= 4 is 16.7 Å². The van der Waals surface area contributed by atoms with Gasteiger partial charge in [-0.2, -0.15) is 0 Å². The number of carbonyl (C=O) groups is 1. The van der Waals surface area contributed by atoms with Gasteiger partial charge in [0, 0.05) is 12.3 Å². The van der Waals surface area contributed by atoms with Gasteiger partial charge >= 0.3 is 0 Å². The monoisotopic (exact) mass is 472 g/mol. The van der Waals surface area contributed by atoms with E-state index in [1.807, 2.05) is 36.4 Å². The van der Waals surface area contributed by atoms with Crippen molar-refractivity contribution in [3.05, 3.63) is 36.4 Å². The number of phenolic OH excluding ortho intramolecular Hbond substituents is 1. The number of ether oxygens (including phenoxy) is 1. The first-order valence-corrected chi connectivity index (χ1v) is 13.6. The number of carboxylic acid groups (broad SMARTS) is 1. The van der Waals surface area contributed by atoms with Crippen molar-refractivity contribution in [2.75, 3.05) is 6.61 Å². The molecule has 0 unspecified atom stereocenters. The quantitative estimate of drug-likeness (QED) is 0.212. The van der Waals surface area contributed by atoms with Crippen molar-refractivity contribution in [1.82, 2.24) is 0 Å². The van der Waals surface area contributed by atoms with E-state index in [4.69, 9.17) is 14.6 Å². The molecule has 0 aliphatic carbocycles. The molecule has 0 heterocycles. The Morgan fingerprint density at radius 1 is 0.706 bits per heavy atom. The van der Waals surface area contributed by atoms with E-state index in [1.165, 1.54) is 96.3 Å². The van der Waals surface area contributed by atoms with Crippen LogP contribution in [0.2, 0.25) is 0 Å². The minimum atomic E-state index is -0.833. The van der Waals surface area contributed by atoms with Crippen LogP contribution in [-0.4, -0.2) is 22.8 Å². The summed E-state index contributed by atoms with van der Waals surface area (Å²) in [6.45, 7) is 4.05. The molecule has 2 rings (SSSR count). The summed E-state index contributed by atoms with van der Waals surface area (Å²) in [6.07, 6.45) is 22.0. The lowest BCUT2D eigenvalue weighted by molar-refractivity contribution is -0.134. The van der Waals surface area contributed by atoms with Crippen LogP contribution in [0.4, 0.5) is 0 Å². The average Bonchev–Trinajstić information content (AvgIpc) is 2.82. The van der Waals surface area contributed by atoms with Gasteiger partial charge in [-0.25, -0.2) is 0 Å². The summed E-state index contributed by atoms with van der Waals surface area (Å²) in [6, 6.07) is 11.8. The number of carboxylic acids is 1. The van der Waals surface area contributed by atoms with Crippen LogP contribution in [0.15, 0.2) is 36.4 Å². The highest BCUT2D eigenvalue weighted by atomic mass is 16.5. The number of rotatable bonds is 18. The van der Waals surface area contributed by atoms with Crippen LogP contribution in [-0.2, 0) is 4.79 Å². The van der Waals surface area contributed by atoms with E-state index in [0.717, 1.165) is 24.1 Å². The van der Waals surface area contributed by atoms with Crippen molar-refractivity contribution in [3.63, 3.8) is 0 Å². The SMILES string of the molecule is CC(=O)O.CCCCCCCCCCCCCCCCCCOc1ccc2ccccc2c1O. The van der Waals surface area contributed by atoms with Gasteiger partial charge < -0.3 is 14.9 Å². The Balaban J connectivity index is 0.00000133. The van der Waals surface area contributed by atoms with Crippen molar-refractivity contribution < 1.29 is 19.7 Å². The fourth-order valence-electron chi connectivity index (χ4n) is 4.18. The second kappa shape index (κ2) is 20.2. The van der Waals surface area contributed by atoms with Gasteiger partial charge in [-0.1, -0.05) is 134 Å². The van der Waals surface area contributed by atoms with Crippen molar-refractivity contribution in [3.8, 4) is 11.5 Å². The third-order valence-electron chi connectivity index (χ3n) is 6.12. The zero-order valence-electron chi connectivity index (χ0n) is 21.7. The van der Waals surface area contributed by atoms with Crippen molar-refractivity contribution in [2.45, 2.75) is 117 Å². The summed E-state index contributed by atoms with van der Waals surface area (Å²) in [5.41, 5.74) is 0. The van der Waals surface area contributed by atoms with Gasteiger partial charge in [0.05, 0.1) is 6.61 Å². The molecule has 4 nitrogen and oxygen atoms in total. The molecule has 2 N–H and O–H groups in total. The Kier molecular flexibility index (Phi) is 17.7. The molecule has 4 heteroatoms. The molecule has 0 aliphatic heterocycles. The molecule has 2 aromatic rings. The minimum absolute atomic E-state index is 0.268. The lowest BCUT2D eigenvalue weighted by Crippen LogP contribution is -1.97. The van der Waals surface area contributed by atoms with Crippen LogP contribution >= 0.6 is 0 Å². The Labute approximate surface area is 207 Å². The molecule has 192 valence electrons. The first-order chi connectivity index (χ1) is 16.6. The first kappa shape index (κ1) is 29.8. The number of benzene rings is 2. The molecule has 2 aromatic carbocycles. The minimum Gasteiger partial charge on any atom is -0.504 e. The third kappa shape index (κ3) is 14.8. The number of aromatic hydroxyl groups is 1. The zero-order chi connectivity index (χ0) is 24.9. The summed E-state index contributed by atoms with van der Waals surface area (Å²) in [7, 11) is 0. The van der Waals surface area contributed by atoms with Gasteiger partial charge in [0.1, 0.15) is 0 Å². The molecule has 0 aromatic heterocycles. The predicted molar refractivity (Wildman–Crippen MR) is 144 cm³/mol. The molecule has 0 radical (unpaired) electrons. The number of aliphatic carboxylic acids is 1. The molecular weight excluding hydrogens is 424 g/mol. The summed E-state index contributed by atoms with van der Waals surface area (Å²) >= 11 is 0. The Bertz CT molecular complexity index is 767. The normalized spacial score (nSPS) is 10.6. The van der Waals surface area contributed by atoms with Gasteiger partial charge in [-0.15, -0.1) is 0 Å². The fourth-order valence-corrected chi connectivity index (χ4v) is 4.18. The third-order valence-corrected chi connectivity index (χ3v) is 6.12. The maximum atomic E-state index is 10.4. The van der Waals surface area contributed by atoms with Crippen LogP contribution in [0.5, 0.6) is 11.5 Å². The second-order valence-corrected chi connectivity index (χ2v) is 9.30. The standard InChI is InChI=1S/C28H44O2.C2H4O2/c1-2-3-4-5-6-7-8-9-10-11-12-13-14-15-16-19-24-30-27-23-22-25-20-17-18-21-26(25)28(27)29;1-2(3)4/h17-18,20-23,29H,2-16,19,24H2,1H3;1H3,(H,3,4). The largest absolute Gasteiger partial charge is 0.504 e.